The first-order chi connectivity index (χ1) is 8.72. The van der Waals surface area contributed by atoms with Gasteiger partial charge in [0.2, 0.25) is 5.43 Å². The lowest BCUT2D eigenvalue weighted by molar-refractivity contribution is 0.411. The Balaban J connectivity index is 2.61. The Bertz CT molecular complexity index is 800. The highest BCUT2D eigenvalue weighted by atomic mass is 16.5. The standard InChI is InChI=1S/C15H12O3/c1-9-5-3-7-11-13(9)14(16)10-6-4-8-12(17-2)15(10)18-11/h3-8H,1-2H3. The fourth-order valence-electron chi connectivity index (χ4n) is 2.22. The zero-order valence-corrected chi connectivity index (χ0v) is 10.2. The molecule has 0 radical (unpaired) electrons. The van der Waals surface area contributed by atoms with Crippen LogP contribution in [0.3, 0.4) is 0 Å². The molecular formula is C15H12O3. The summed E-state index contributed by atoms with van der Waals surface area (Å²) in [6, 6.07) is 10.9. The summed E-state index contributed by atoms with van der Waals surface area (Å²) in [5.41, 5.74) is 2.01. The number of rotatable bonds is 1. The van der Waals surface area contributed by atoms with Gasteiger partial charge in [-0.1, -0.05) is 18.2 Å². The van der Waals surface area contributed by atoms with Crippen LogP contribution >= 0.6 is 0 Å². The van der Waals surface area contributed by atoms with Crippen molar-refractivity contribution in [3.63, 3.8) is 0 Å². The fraction of sp³-hybridized carbons (Fsp3) is 0.133. The second kappa shape index (κ2) is 3.88. The predicted molar refractivity (Wildman–Crippen MR) is 71.3 cm³/mol. The molecule has 0 unspecified atom stereocenters. The lowest BCUT2D eigenvalue weighted by Gasteiger charge is -2.06. The van der Waals surface area contributed by atoms with Crippen LogP contribution in [-0.4, -0.2) is 7.11 Å². The van der Waals surface area contributed by atoms with Gasteiger partial charge in [-0.25, -0.2) is 0 Å². The van der Waals surface area contributed by atoms with E-state index >= 15 is 0 Å². The molecule has 0 aliphatic carbocycles. The lowest BCUT2D eigenvalue weighted by Crippen LogP contribution is -2.04. The normalized spacial score (nSPS) is 11.0. The zero-order chi connectivity index (χ0) is 12.7. The molecular weight excluding hydrogens is 228 g/mol. The number of aryl methyl sites for hydroxylation is 1. The number of fused-ring (bicyclic) bond motifs is 2. The minimum absolute atomic E-state index is 0.0109. The Morgan fingerprint density at radius 2 is 1.89 bits per heavy atom. The lowest BCUT2D eigenvalue weighted by atomic mass is 10.1. The third kappa shape index (κ3) is 1.40. The van der Waals surface area contributed by atoms with Crippen molar-refractivity contribution in [1.82, 2.24) is 0 Å². The van der Waals surface area contributed by atoms with E-state index in [0.29, 0.717) is 27.7 Å². The van der Waals surface area contributed by atoms with Crippen molar-refractivity contribution < 1.29 is 9.15 Å². The largest absolute Gasteiger partial charge is 0.493 e. The second-order valence-corrected chi connectivity index (χ2v) is 4.22. The maximum absolute atomic E-state index is 12.5. The van der Waals surface area contributed by atoms with E-state index in [1.165, 1.54) is 0 Å². The summed E-state index contributed by atoms with van der Waals surface area (Å²) in [6.07, 6.45) is 0. The minimum atomic E-state index is -0.0109. The van der Waals surface area contributed by atoms with Gasteiger partial charge in [0.25, 0.3) is 0 Å². The Labute approximate surface area is 104 Å². The highest BCUT2D eigenvalue weighted by Gasteiger charge is 2.12. The maximum Gasteiger partial charge on any atom is 0.200 e. The molecule has 3 heteroatoms. The topological polar surface area (TPSA) is 39.4 Å². The average Bonchev–Trinajstić information content (AvgIpc) is 2.38. The molecule has 0 aliphatic rings. The summed E-state index contributed by atoms with van der Waals surface area (Å²) >= 11 is 0. The van der Waals surface area contributed by atoms with Crippen molar-refractivity contribution >= 4 is 21.9 Å². The molecule has 2 aromatic carbocycles. The van der Waals surface area contributed by atoms with Crippen LogP contribution in [-0.2, 0) is 0 Å². The first-order valence-electron chi connectivity index (χ1n) is 5.71. The Morgan fingerprint density at radius 3 is 2.67 bits per heavy atom. The van der Waals surface area contributed by atoms with Crippen molar-refractivity contribution in [2.24, 2.45) is 0 Å². The third-order valence-corrected chi connectivity index (χ3v) is 3.12. The molecule has 0 spiro atoms. The minimum Gasteiger partial charge on any atom is -0.493 e. The first kappa shape index (κ1) is 10.8. The summed E-state index contributed by atoms with van der Waals surface area (Å²) < 4.78 is 11.0. The van der Waals surface area contributed by atoms with Crippen LogP contribution in [0.1, 0.15) is 5.56 Å². The van der Waals surface area contributed by atoms with Gasteiger partial charge in [-0.15, -0.1) is 0 Å². The molecule has 90 valence electrons. The molecule has 3 rings (SSSR count). The summed E-state index contributed by atoms with van der Waals surface area (Å²) in [4.78, 5) is 12.5. The van der Waals surface area contributed by atoms with Gasteiger partial charge < -0.3 is 9.15 Å². The number of hydrogen-bond donors (Lipinski definition) is 0. The number of benzene rings is 2. The van der Waals surface area contributed by atoms with E-state index in [2.05, 4.69) is 0 Å². The maximum atomic E-state index is 12.5. The van der Waals surface area contributed by atoms with Crippen LogP contribution in [0, 0.1) is 6.92 Å². The summed E-state index contributed by atoms with van der Waals surface area (Å²) in [7, 11) is 1.56. The van der Waals surface area contributed by atoms with Gasteiger partial charge in [0.15, 0.2) is 11.3 Å². The van der Waals surface area contributed by atoms with Crippen molar-refractivity contribution in [3.8, 4) is 5.75 Å². The quantitative estimate of drug-likeness (QED) is 0.613. The number of hydrogen-bond acceptors (Lipinski definition) is 3. The monoisotopic (exact) mass is 240 g/mol. The van der Waals surface area contributed by atoms with Crippen LogP contribution in [0.2, 0.25) is 0 Å². The van der Waals surface area contributed by atoms with Crippen LogP contribution in [0.4, 0.5) is 0 Å². The summed E-state index contributed by atoms with van der Waals surface area (Å²) in [5.74, 6) is 0.577. The molecule has 0 N–H and O–H groups in total. The van der Waals surface area contributed by atoms with Crippen LogP contribution in [0.25, 0.3) is 21.9 Å². The van der Waals surface area contributed by atoms with Gasteiger partial charge in [0.05, 0.1) is 17.9 Å². The van der Waals surface area contributed by atoms with Gasteiger partial charge >= 0.3 is 0 Å². The summed E-state index contributed by atoms with van der Waals surface area (Å²) in [6.45, 7) is 1.91. The molecule has 3 aromatic rings. The Morgan fingerprint density at radius 1 is 1.11 bits per heavy atom. The van der Waals surface area contributed by atoms with Crippen LogP contribution < -0.4 is 10.2 Å². The van der Waals surface area contributed by atoms with Gasteiger partial charge in [0, 0.05) is 0 Å². The molecule has 0 saturated heterocycles. The van der Waals surface area contributed by atoms with Crippen molar-refractivity contribution in [3.05, 3.63) is 52.2 Å². The molecule has 18 heavy (non-hydrogen) atoms. The fourth-order valence-corrected chi connectivity index (χ4v) is 2.22. The van der Waals surface area contributed by atoms with E-state index in [4.69, 9.17) is 9.15 Å². The summed E-state index contributed by atoms with van der Waals surface area (Å²) in [5, 5.41) is 1.19. The highest BCUT2D eigenvalue weighted by Crippen LogP contribution is 2.27. The van der Waals surface area contributed by atoms with Gasteiger partial charge in [0.1, 0.15) is 5.58 Å². The van der Waals surface area contributed by atoms with Crippen molar-refractivity contribution in [1.29, 1.82) is 0 Å². The molecule has 0 bridgehead atoms. The SMILES string of the molecule is COc1cccc2c(=O)c3c(C)cccc3oc12. The smallest absolute Gasteiger partial charge is 0.200 e. The highest BCUT2D eigenvalue weighted by molar-refractivity contribution is 5.93. The van der Waals surface area contributed by atoms with Gasteiger partial charge in [-0.05, 0) is 30.7 Å². The third-order valence-electron chi connectivity index (χ3n) is 3.12. The average molecular weight is 240 g/mol. The molecule has 0 fully saturated rings. The van der Waals surface area contributed by atoms with E-state index in [9.17, 15) is 4.79 Å². The van der Waals surface area contributed by atoms with E-state index in [-0.39, 0.29) is 5.43 Å². The molecule has 0 saturated carbocycles. The Kier molecular flexibility index (Phi) is 2.33. The van der Waals surface area contributed by atoms with E-state index < -0.39 is 0 Å². The van der Waals surface area contributed by atoms with E-state index in [1.807, 2.05) is 19.1 Å². The van der Waals surface area contributed by atoms with Crippen LogP contribution in [0.5, 0.6) is 5.75 Å². The van der Waals surface area contributed by atoms with Gasteiger partial charge in [-0.3, -0.25) is 4.79 Å². The number of para-hydroxylation sites is 1. The molecule has 1 aromatic heterocycles. The molecule has 0 amide bonds. The zero-order valence-electron chi connectivity index (χ0n) is 10.2. The predicted octanol–water partition coefficient (Wildman–Crippen LogP) is 3.26. The number of methoxy groups -OCH3 is 1. The van der Waals surface area contributed by atoms with Crippen molar-refractivity contribution in [2.45, 2.75) is 6.92 Å². The van der Waals surface area contributed by atoms with E-state index in [0.717, 1.165) is 5.56 Å². The van der Waals surface area contributed by atoms with E-state index in [1.54, 1.807) is 31.4 Å². The molecule has 0 aliphatic heterocycles. The van der Waals surface area contributed by atoms with Gasteiger partial charge in [-0.2, -0.15) is 0 Å². The first-order valence-corrected chi connectivity index (χ1v) is 5.71. The Hall–Kier alpha value is -2.29. The second-order valence-electron chi connectivity index (χ2n) is 4.22. The molecule has 0 atom stereocenters. The molecule has 3 nitrogen and oxygen atoms in total. The van der Waals surface area contributed by atoms with Crippen molar-refractivity contribution in [2.75, 3.05) is 7.11 Å². The van der Waals surface area contributed by atoms with Crippen LogP contribution in [0.15, 0.2) is 45.6 Å². The molecule has 1 heterocycles. The number of ether oxygens (including phenoxy) is 1.